The van der Waals surface area contributed by atoms with Crippen LogP contribution in [0.4, 0.5) is 0 Å². The Hall–Kier alpha value is -3.09. The summed E-state index contributed by atoms with van der Waals surface area (Å²) >= 11 is 0. The van der Waals surface area contributed by atoms with Gasteiger partial charge < -0.3 is 14.3 Å². The molecule has 4 rings (SSSR count). The standard InChI is InChI=1S/C18H18N4O3/c23-17-14(4-5-15(20-17)16-3-1-12-25-16)18(24)21-10-6-13(7-11-21)22-9-2-8-19-22/h1-5,8-9,12-13H,6-7,10-11H2,(H,20,23). The summed E-state index contributed by atoms with van der Waals surface area (Å²) in [5, 5.41) is 4.27. The Labute approximate surface area is 143 Å². The zero-order valence-corrected chi connectivity index (χ0v) is 13.6. The van der Waals surface area contributed by atoms with Crippen molar-refractivity contribution in [1.82, 2.24) is 19.7 Å². The molecule has 7 nitrogen and oxygen atoms in total. The monoisotopic (exact) mass is 338 g/mol. The highest BCUT2D eigenvalue weighted by molar-refractivity contribution is 5.94. The van der Waals surface area contributed by atoms with E-state index in [2.05, 4.69) is 10.1 Å². The topological polar surface area (TPSA) is 84.1 Å². The number of rotatable bonds is 3. The van der Waals surface area contributed by atoms with E-state index in [-0.39, 0.29) is 11.5 Å². The Kier molecular flexibility index (Phi) is 3.97. The van der Waals surface area contributed by atoms with Gasteiger partial charge in [-0.1, -0.05) is 0 Å². The van der Waals surface area contributed by atoms with Crippen LogP contribution in [0.2, 0.25) is 0 Å². The van der Waals surface area contributed by atoms with Crippen molar-refractivity contribution < 1.29 is 9.21 Å². The zero-order chi connectivity index (χ0) is 17.2. The number of amides is 1. The second kappa shape index (κ2) is 6.43. The molecule has 0 unspecified atom stereocenters. The second-order valence-electron chi connectivity index (χ2n) is 6.10. The van der Waals surface area contributed by atoms with Crippen LogP contribution in [-0.4, -0.2) is 38.7 Å². The van der Waals surface area contributed by atoms with Crippen molar-refractivity contribution in [3.8, 4) is 11.5 Å². The maximum atomic E-state index is 12.7. The lowest BCUT2D eigenvalue weighted by molar-refractivity contribution is 0.0688. The number of aromatic nitrogens is 3. The fourth-order valence-corrected chi connectivity index (χ4v) is 3.22. The van der Waals surface area contributed by atoms with E-state index in [1.165, 1.54) is 6.26 Å². The number of carbonyl (C=O) groups is 1. The number of nitrogens with zero attached hydrogens (tertiary/aromatic N) is 3. The van der Waals surface area contributed by atoms with Crippen molar-refractivity contribution in [2.75, 3.05) is 13.1 Å². The van der Waals surface area contributed by atoms with E-state index >= 15 is 0 Å². The highest BCUT2D eigenvalue weighted by Gasteiger charge is 2.26. The van der Waals surface area contributed by atoms with Crippen LogP contribution in [0.5, 0.6) is 0 Å². The van der Waals surface area contributed by atoms with Crippen LogP contribution in [0.1, 0.15) is 29.2 Å². The average Bonchev–Trinajstić information content (AvgIpc) is 3.35. The molecule has 0 aromatic carbocycles. The normalized spacial score (nSPS) is 15.4. The van der Waals surface area contributed by atoms with E-state index in [1.807, 2.05) is 16.9 Å². The second-order valence-corrected chi connectivity index (χ2v) is 6.10. The van der Waals surface area contributed by atoms with E-state index in [0.717, 1.165) is 12.8 Å². The molecule has 1 aliphatic rings. The lowest BCUT2D eigenvalue weighted by Gasteiger charge is -2.32. The lowest BCUT2D eigenvalue weighted by atomic mass is 10.0. The molecule has 25 heavy (non-hydrogen) atoms. The molecule has 128 valence electrons. The van der Waals surface area contributed by atoms with Gasteiger partial charge in [-0.15, -0.1) is 0 Å². The van der Waals surface area contributed by atoms with E-state index in [9.17, 15) is 9.59 Å². The third kappa shape index (κ3) is 3.00. The van der Waals surface area contributed by atoms with Crippen molar-refractivity contribution in [2.45, 2.75) is 18.9 Å². The third-order valence-corrected chi connectivity index (χ3v) is 4.58. The Morgan fingerprint density at radius 3 is 2.68 bits per heavy atom. The third-order valence-electron chi connectivity index (χ3n) is 4.58. The van der Waals surface area contributed by atoms with Crippen LogP contribution in [-0.2, 0) is 0 Å². The molecule has 3 aromatic rings. The minimum absolute atomic E-state index is 0.160. The van der Waals surface area contributed by atoms with Gasteiger partial charge in [0.05, 0.1) is 18.0 Å². The predicted octanol–water partition coefficient (Wildman–Crippen LogP) is 2.31. The fourth-order valence-electron chi connectivity index (χ4n) is 3.22. The van der Waals surface area contributed by atoms with Crippen LogP contribution in [0.15, 0.2) is 58.2 Å². The number of hydrogen-bond acceptors (Lipinski definition) is 4. The quantitative estimate of drug-likeness (QED) is 0.794. The number of carbonyl (C=O) groups excluding carboxylic acids is 1. The summed E-state index contributed by atoms with van der Waals surface area (Å²) in [6.07, 6.45) is 6.90. The number of piperidine rings is 1. The van der Waals surface area contributed by atoms with Gasteiger partial charge in [0.15, 0.2) is 0 Å². The molecule has 0 saturated carbocycles. The van der Waals surface area contributed by atoms with Gasteiger partial charge in [0.1, 0.15) is 11.3 Å². The minimum Gasteiger partial charge on any atom is -0.463 e. The number of likely N-dealkylation sites (tertiary alicyclic amines) is 1. The Balaban J connectivity index is 1.47. The molecular formula is C18H18N4O3. The van der Waals surface area contributed by atoms with Crippen molar-refractivity contribution in [3.63, 3.8) is 0 Å². The molecule has 1 saturated heterocycles. The molecule has 0 aliphatic carbocycles. The smallest absolute Gasteiger partial charge is 0.261 e. The molecule has 3 aromatic heterocycles. The largest absolute Gasteiger partial charge is 0.463 e. The maximum absolute atomic E-state index is 12.7. The number of nitrogens with one attached hydrogen (secondary N) is 1. The molecule has 1 amide bonds. The van der Waals surface area contributed by atoms with Gasteiger partial charge >= 0.3 is 0 Å². The average molecular weight is 338 g/mol. The number of pyridine rings is 1. The first-order chi connectivity index (χ1) is 12.2. The van der Waals surface area contributed by atoms with Gasteiger partial charge in [0.2, 0.25) is 0 Å². The molecule has 1 fully saturated rings. The molecule has 1 aliphatic heterocycles. The van der Waals surface area contributed by atoms with Crippen molar-refractivity contribution in [3.05, 3.63) is 64.9 Å². The number of hydrogen-bond donors (Lipinski definition) is 1. The number of aromatic amines is 1. The summed E-state index contributed by atoms with van der Waals surface area (Å²) in [5.41, 5.74) is 0.324. The van der Waals surface area contributed by atoms with Crippen LogP contribution in [0, 0.1) is 0 Å². The van der Waals surface area contributed by atoms with Crippen LogP contribution >= 0.6 is 0 Å². The Morgan fingerprint density at radius 1 is 1.20 bits per heavy atom. The SMILES string of the molecule is O=C(c1ccc(-c2ccco2)[nH]c1=O)N1CCC(n2cccn2)CC1. The highest BCUT2D eigenvalue weighted by Crippen LogP contribution is 2.22. The molecule has 0 spiro atoms. The number of H-pyrrole nitrogens is 1. The fraction of sp³-hybridized carbons (Fsp3) is 0.278. The van der Waals surface area contributed by atoms with Crippen molar-refractivity contribution in [2.24, 2.45) is 0 Å². The molecule has 0 bridgehead atoms. The summed E-state index contributed by atoms with van der Waals surface area (Å²) in [6.45, 7) is 1.23. The Morgan fingerprint density at radius 2 is 2.04 bits per heavy atom. The summed E-state index contributed by atoms with van der Waals surface area (Å²) in [6, 6.07) is 8.97. The molecule has 7 heteroatoms. The van der Waals surface area contributed by atoms with Crippen molar-refractivity contribution in [1.29, 1.82) is 0 Å². The first kappa shape index (κ1) is 15.4. The molecule has 4 heterocycles. The van der Waals surface area contributed by atoms with Gasteiger partial charge in [-0.25, -0.2) is 0 Å². The van der Waals surface area contributed by atoms with E-state index < -0.39 is 5.56 Å². The van der Waals surface area contributed by atoms with E-state index in [1.54, 1.807) is 35.4 Å². The predicted molar refractivity (Wildman–Crippen MR) is 91.2 cm³/mol. The van der Waals surface area contributed by atoms with Gasteiger partial charge in [-0.2, -0.15) is 5.10 Å². The van der Waals surface area contributed by atoms with Crippen LogP contribution < -0.4 is 5.56 Å². The van der Waals surface area contributed by atoms with E-state index in [0.29, 0.717) is 30.6 Å². The summed E-state index contributed by atoms with van der Waals surface area (Å²) in [7, 11) is 0. The van der Waals surface area contributed by atoms with Gasteiger partial charge in [-0.3, -0.25) is 14.3 Å². The van der Waals surface area contributed by atoms with Gasteiger partial charge in [-0.05, 0) is 43.2 Å². The summed E-state index contributed by atoms with van der Waals surface area (Å²) < 4.78 is 7.20. The Bertz CT molecular complexity index is 904. The van der Waals surface area contributed by atoms with Crippen LogP contribution in [0.3, 0.4) is 0 Å². The van der Waals surface area contributed by atoms with Gasteiger partial charge in [0, 0.05) is 25.5 Å². The lowest BCUT2D eigenvalue weighted by Crippen LogP contribution is -2.41. The first-order valence-electron chi connectivity index (χ1n) is 8.28. The molecule has 0 atom stereocenters. The molecule has 0 radical (unpaired) electrons. The number of furan rings is 1. The molecule has 1 N–H and O–H groups in total. The van der Waals surface area contributed by atoms with Crippen molar-refractivity contribution >= 4 is 5.91 Å². The summed E-state index contributed by atoms with van der Waals surface area (Å²) in [5.74, 6) is 0.335. The van der Waals surface area contributed by atoms with Crippen LogP contribution in [0.25, 0.3) is 11.5 Å². The van der Waals surface area contributed by atoms with Gasteiger partial charge in [0.25, 0.3) is 11.5 Å². The minimum atomic E-state index is -0.395. The highest BCUT2D eigenvalue weighted by atomic mass is 16.3. The first-order valence-corrected chi connectivity index (χ1v) is 8.28. The zero-order valence-electron chi connectivity index (χ0n) is 13.6. The maximum Gasteiger partial charge on any atom is 0.261 e. The molecular weight excluding hydrogens is 320 g/mol. The van der Waals surface area contributed by atoms with E-state index in [4.69, 9.17) is 4.42 Å². The summed E-state index contributed by atoms with van der Waals surface area (Å²) in [4.78, 5) is 29.4.